The number of fused-ring (bicyclic) bond motifs is 1. The molecule has 0 bridgehead atoms. The molecule has 26 heavy (non-hydrogen) atoms. The van der Waals surface area contributed by atoms with Gasteiger partial charge in [0.2, 0.25) is 5.91 Å². The van der Waals surface area contributed by atoms with Crippen LogP contribution in [0.15, 0.2) is 36.5 Å². The van der Waals surface area contributed by atoms with E-state index in [4.69, 9.17) is 9.47 Å². The van der Waals surface area contributed by atoms with Gasteiger partial charge in [-0.1, -0.05) is 6.07 Å². The predicted octanol–water partition coefficient (Wildman–Crippen LogP) is 2.90. The summed E-state index contributed by atoms with van der Waals surface area (Å²) in [5, 5.41) is 3.05. The molecule has 0 spiro atoms. The lowest BCUT2D eigenvalue weighted by molar-refractivity contribution is -0.128. The summed E-state index contributed by atoms with van der Waals surface area (Å²) in [5.41, 5.74) is 4.39. The van der Waals surface area contributed by atoms with Gasteiger partial charge in [-0.05, 0) is 55.2 Å². The lowest BCUT2D eigenvalue weighted by Gasteiger charge is -2.22. The number of carbonyl (C=O) groups excluding carboxylic acids is 1. The zero-order chi connectivity index (χ0) is 17.9. The molecule has 2 aromatic rings. The molecule has 2 aliphatic heterocycles. The molecule has 2 aliphatic rings. The molecule has 1 atom stereocenters. The van der Waals surface area contributed by atoms with Gasteiger partial charge in [-0.15, -0.1) is 0 Å². The van der Waals surface area contributed by atoms with Crippen LogP contribution in [0.25, 0.3) is 11.3 Å². The van der Waals surface area contributed by atoms with Gasteiger partial charge < -0.3 is 14.8 Å². The average molecular weight is 352 g/mol. The minimum atomic E-state index is -0.00461. The standard InChI is InChI=1S/C21H24N2O3/c1-14-2-4-19(22-12-14)16-3-5-20-17(10-16)11-18(26-20)13-23-21(24)15-6-8-25-9-7-15/h2-5,10,12,15,18H,6-9,11,13H2,1H3,(H,23,24). The minimum absolute atomic E-state index is 0.00461. The number of rotatable bonds is 4. The number of ether oxygens (including phenoxy) is 2. The Balaban J connectivity index is 1.36. The minimum Gasteiger partial charge on any atom is -0.488 e. The van der Waals surface area contributed by atoms with Gasteiger partial charge in [-0.3, -0.25) is 9.78 Å². The number of hydrogen-bond acceptors (Lipinski definition) is 4. The van der Waals surface area contributed by atoms with E-state index >= 15 is 0 Å². The maximum Gasteiger partial charge on any atom is 0.223 e. The van der Waals surface area contributed by atoms with Gasteiger partial charge in [0.25, 0.3) is 0 Å². The van der Waals surface area contributed by atoms with Crippen LogP contribution in [-0.4, -0.2) is 36.8 Å². The van der Waals surface area contributed by atoms with Gasteiger partial charge in [0.15, 0.2) is 0 Å². The maximum atomic E-state index is 12.3. The van der Waals surface area contributed by atoms with Gasteiger partial charge >= 0.3 is 0 Å². The Kier molecular flexibility index (Phi) is 4.89. The fraction of sp³-hybridized carbons (Fsp3) is 0.429. The van der Waals surface area contributed by atoms with Crippen molar-refractivity contribution in [1.82, 2.24) is 10.3 Å². The van der Waals surface area contributed by atoms with Crippen LogP contribution >= 0.6 is 0 Å². The molecule has 5 nitrogen and oxygen atoms in total. The second-order valence-corrected chi connectivity index (χ2v) is 7.12. The number of pyridine rings is 1. The molecule has 1 N–H and O–H groups in total. The Bertz CT molecular complexity index is 782. The van der Waals surface area contributed by atoms with Gasteiger partial charge in [0.05, 0.1) is 12.2 Å². The van der Waals surface area contributed by atoms with Crippen LogP contribution < -0.4 is 10.1 Å². The van der Waals surface area contributed by atoms with E-state index in [0.29, 0.717) is 19.8 Å². The molecular formula is C21H24N2O3. The summed E-state index contributed by atoms with van der Waals surface area (Å²) in [4.78, 5) is 16.8. The van der Waals surface area contributed by atoms with E-state index in [9.17, 15) is 4.79 Å². The number of aromatic nitrogens is 1. The fourth-order valence-corrected chi connectivity index (χ4v) is 3.55. The summed E-state index contributed by atoms with van der Waals surface area (Å²) >= 11 is 0. The number of hydrogen-bond donors (Lipinski definition) is 1. The zero-order valence-electron chi connectivity index (χ0n) is 15.0. The van der Waals surface area contributed by atoms with Gasteiger partial charge in [0.1, 0.15) is 11.9 Å². The number of benzene rings is 1. The number of amides is 1. The van der Waals surface area contributed by atoms with Crippen molar-refractivity contribution in [2.24, 2.45) is 5.92 Å². The topological polar surface area (TPSA) is 60.5 Å². The summed E-state index contributed by atoms with van der Waals surface area (Å²) in [6, 6.07) is 10.3. The molecule has 1 aromatic carbocycles. The summed E-state index contributed by atoms with van der Waals surface area (Å²) < 4.78 is 11.3. The third-order valence-electron chi connectivity index (χ3n) is 5.10. The highest BCUT2D eigenvalue weighted by molar-refractivity contribution is 5.78. The molecule has 1 saturated heterocycles. The molecule has 3 heterocycles. The highest BCUT2D eigenvalue weighted by Crippen LogP contribution is 2.32. The molecule has 1 fully saturated rings. The summed E-state index contributed by atoms with van der Waals surface area (Å²) in [6.45, 7) is 3.94. The molecule has 0 radical (unpaired) electrons. The van der Waals surface area contributed by atoms with Crippen LogP contribution in [0.5, 0.6) is 5.75 Å². The first-order valence-corrected chi connectivity index (χ1v) is 9.27. The predicted molar refractivity (Wildman–Crippen MR) is 99.1 cm³/mol. The monoisotopic (exact) mass is 352 g/mol. The molecule has 1 amide bonds. The van der Waals surface area contributed by atoms with Crippen molar-refractivity contribution in [2.45, 2.75) is 32.3 Å². The van der Waals surface area contributed by atoms with E-state index in [1.807, 2.05) is 31.3 Å². The molecule has 4 rings (SSSR count). The van der Waals surface area contributed by atoms with Crippen LogP contribution in [0.4, 0.5) is 0 Å². The third-order valence-corrected chi connectivity index (χ3v) is 5.10. The Hall–Kier alpha value is -2.40. The van der Waals surface area contributed by atoms with Crippen molar-refractivity contribution in [3.05, 3.63) is 47.7 Å². The normalized spacial score (nSPS) is 19.7. The van der Waals surface area contributed by atoms with E-state index in [1.54, 1.807) is 0 Å². The van der Waals surface area contributed by atoms with Crippen molar-refractivity contribution in [2.75, 3.05) is 19.8 Å². The maximum absolute atomic E-state index is 12.3. The van der Waals surface area contributed by atoms with Crippen LogP contribution in [0, 0.1) is 12.8 Å². The second-order valence-electron chi connectivity index (χ2n) is 7.12. The molecule has 0 aliphatic carbocycles. The second kappa shape index (κ2) is 7.46. The van der Waals surface area contributed by atoms with Crippen molar-refractivity contribution in [3.63, 3.8) is 0 Å². The Labute approximate surface area is 153 Å². The number of nitrogens with zero attached hydrogens (tertiary/aromatic N) is 1. The van der Waals surface area contributed by atoms with E-state index in [2.05, 4.69) is 22.4 Å². The van der Waals surface area contributed by atoms with E-state index in [-0.39, 0.29) is 17.9 Å². The Morgan fingerprint density at radius 2 is 2.08 bits per heavy atom. The highest BCUT2D eigenvalue weighted by Gasteiger charge is 2.26. The summed E-state index contributed by atoms with van der Waals surface area (Å²) in [6.07, 6.45) is 4.31. The van der Waals surface area contributed by atoms with Crippen molar-refractivity contribution in [1.29, 1.82) is 0 Å². The van der Waals surface area contributed by atoms with Crippen molar-refractivity contribution in [3.8, 4) is 17.0 Å². The summed E-state index contributed by atoms with van der Waals surface area (Å²) in [5.74, 6) is 1.11. The number of nitrogens with one attached hydrogen (secondary N) is 1. The lowest BCUT2D eigenvalue weighted by Crippen LogP contribution is -2.39. The Morgan fingerprint density at radius 1 is 1.23 bits per heavy atom. The molecular weight excluding hydrogens is 328 g/mol. The van der Waals surface area contributed by atoms with Gasteiger partial charge in [-0.25, -0.2) is 0 Å². The molecule has 136 valence electrons. The fourth-order valence-electron chi connectivity index (χ4n) is 3.55. The van der Waals surface area contributed by atoms with Crippen molar-refractivity contribution < 1.29 is 14.3 Å². The SMILES string of the molecule is Cc1ccc(-c2ccc3c(c2)CC(CNC(=O)C2CCOCC2)O3)nc1. The molecule has 5 heteroatoms. The highest BCUT2D eigenvalue weighted by atomic mass is 16.5. The lowest BCUT2D eigenvalue weighted by atomic mass is 9.99. The quantitative estimate of drug-likeness (QED) is 0.919. The zero-order valence-corrected chi connectivity index (χ0v) is 15.0. The van der Waals surface area contributed by atoms with Crippen LogP contribution in [0.3, 0.4) is 0 Å². The number of aryl methyl sites for hydroxylation is 1. The number of carbonyl (C=O) groups is 1. The van der Waals surface area contributed by atoms with Gasteiger partial charge in [0, 0.05) is 37.3 Å². The van der Waals surface area contributed by atoms with Gasteiger partial charge in [-0.2, -0.15) is 0 Å². The molecule has 0 saturated carbocycles. The third kappa shape index (κ3) is 3.73. The first kappa shape index (κ1) is 17.0. The molecule has 1 unspecified atom stereocenters. The first-order valence-electron chi connectivity index (χ1n) is 9.27. The summed E-state index contributed by atoms with van der Waals surface area (Å²) in [7, 11) is 0. The molecule has 1 aromatic heterocycles. The largest absolute Gasteiger partial charge is 0.488 e. The van der Waals surface area contributed by atoms with Crippen LogP contribution in [0.2, 0.25) is 0 Å². The average Bonchev–Trinajstić information content (AvgIpc) is 3.09. The smallest absolute Gasteiger partial charge is 0.223 e. The van der Waals surface area contributed by atoms with Crippen LogP contribution in [0.1, 0.15) is 24.0 Å². The first-order chi connectivity index (χ1) is 12.7. The van der Waals surface area contributed by atoms with Crippen LogP contribution in [-0.2, 0) is 16.0 Å². The van der Waals surface area contributed by atoms with Crippen molar-refractivity contribution >= 4 is 5.91 Å². The van der Waals surface area contributed by atoms with E-state index in [1.165, 1.54) is 5.56 Å². The Morgan fingerprint density at radius 3 is 2.85 bits per heavy atom. The van der Waals surface area contributed by atoms with E-state index < -0.39 is 0 Å². The van der Waals surface area contributed by atoms with E-state index in [0.717, 1.165) is 41.8 Å².